The maximum Gasteiger partial charge on any atom is 0.277 e. The summed E-state index contributed by atoms with van der Waals surface area (Å²) in [5, 5.41) is 9.40. The summed E-state index contributed by atoms with van der Waals surface area (Å²) in [7, 11) is 0. The Hall–Kier alpha value is -1.68. The van der Waals surface area contributed by atoms with E-state index >= 15 is 0 Å². The number of rotatable bonds is 7. The zero-order valence-corrected chi connectivity index (χ0v) is 19.5. The van der Waals surface area contributed by atoms with Gasteiger partial charge in [0.05, 0.1) is 0 Å². The SMILES string of the molecule is CCSC(=S)N(CC)c1nc(C)ncc1CSc1nnc(-c2ccc(Cl)cc2)o1. The lowest BCUT2D eigenvalue weighted by atomic mass is 10.2. The van der Waals surface area contributed by atoms with E-state index in [1.807, 2.05) is 30.2 Å². The number of aryl methyl sites for hydroxylation is 1. The number of hydrogen-bond acceptors (Lipinski definition) is 8. The second-order valence-corrected chi connectivity index (χ2v) is 9.14. The Labute approximate surface area is 188 Å². The van der Waals surface area contributed by atoms with Crippen LogP contribution in [0.1, 0.15) is 25.2 Å². The number of hydrogen-bond donors (Lipinski definition) is 0. The third-order valence-corrected chi connectivity index (χ3v) is 6.32. The number of thiocarbonyl (C=S) groups is 1. The fourth-order valence-electron chi connectivity index (χ4n) is 2.50. The smallest absolute Gasteiger partial charge is 0.277 e. The Balaban J connectivity index is 1.77. The third kappa shape index (κ3) is 5.69. The van der Waals surface area contributed by atoms with E-state index < -0.39 is 0 Å². The van der Waals surface area contributed by atoms with Gasteiger partial charge in [-0.25, -0.2) is 9.97 Å². The average molecular weight is 466 g/mol. The van der Waals surface area contributed by atoms with Crippen LogP contribution in [-0.4, -0.2) is 36.8 Å². The molecule has 1 aromatic carbocycles. The molecule has 3 aromatic rings. The number of anilines is 1. The minimum absolute atomic E-state index is 0.459. The Morgan fingerprint density at radius 3 is 2.66 bits per heavy atom. The van der Waals surface area contributed by atoms with Crippen LogP contribution in [0, 0.1) is 6.92 Å². The van der Waals surface area contributed by atoms with Crippen molar-refractivity contribution >= 4 is 57.5 Å². The largest absolute Gasteiger partial charge is 0.411 e. The summed E-state index contributed by atoms with van der Waals surface area (Å²) in [6.45, 7) is 6.76. The van der Waals surface area contributed by atoms with E-state index in [4.69, 9.17) is 28.2 Å². The van der Waals surface area contributed by atoms with E-state index in [0.717, 1.165) is 33.6 Å². The molecular weight excluding hydrogens is 446 g/mol. The molecule has 0 spiro atoms. The first-order valence-electron chi connectivity index (χ1n) is 9.00. The minimum atomic E-state index is 0.459. The van der Waals surface area contributed by atoms with Gasteiger partial charge < -0.3 is 9.32 Å². The van der Waals surface area contributed by atoms with Crippen molar-refractivity contribution in [3.05, 3.63) is 46.9 Å². The minimum Gasteiger partial charge on any atom is -0.411 e. The Kier molecular flexibility index (Phi) is 7.88. The number of halogens is 1. The molecule has 10 heteroatoms. The average Bonchev–Trinajstić information content (AvgIpc) is 3.18. The molecule has 2 aromatic heterocycles. The van der Waals surface area contributed by atoms with Crippen molar-refractivity contribution in [2.45, 2.75) is 31.7 Å². The van der Waals surface area contributed by atoms with Crippen LogP contribution in [0.5, 0.6) is 0 Å². The number of benzene rings is 1. The van der Waals surface area contributed by atoms with Crippen molar-refractivity contribution in [1.29, 1.82) is 0 Å². The zero-order chi connectivity index (χ0) is 20.8. The summed E-state index contributed by atoms with van der Waals surface area (Å²) < 4.78 is 6.59. The lowest BCUT2D eigenvalue weighted by Gasteiger charge is -2.24. The molecule has 0 atom stereocenters. The van der Waals surface area contributed by atoms with Crippen LogP contribution in [0.4, 0.5) is 5.82 Å². The summed E-state index contributed by atoms with van der Waals surface area (Å²) in [5.74, 6) is 3.50. The van der Waals surface area contributed by atoms with Crippen LogP contribution < -0.4 is 4.90 Å². The predicted octanol–water partition coefficient (Wildman–Crippen LogP) is 5.65. The van der Waals surface area contributed by atoms with Gasteiger partial charge in [-0.15, -0.1) is 10.2 Å². The summed E-state index contributed by atoms with van der Waals surface area (Å²) in [5.41, 5.74) is 1.79. The quantitative estimate of drug-likeness (QED) is 0.325. The van der Waals surface area contributed by atoms with Crippen LogP contribution in [0.3, 0.4) is 0 Å². The van der Waals surface area contributed by atoms with E-state index in [2.05, 4.69) is 34.0 Å². The maximum atomic E-state index is 5.93. The molecule has 0 aliphatic carbocycles. The van der Waals surface area contributed by atoms with Gasteiger partial charge >= 0.3 is 0 Å². The van der Waals surface area contributed by atoms with Crippen LogP contribution in [0.25, 0.3) is 11.5 Å². The van der Waals surface area contributed by atoms with Gasteiger partial charge in [-0.05, 0) is 43.9 Å². The molecule has 29 heavy (non-hydrogen) atoms. The summed E-state index contributed by atoms with van der Waals surface area (Å²) in [4.78, 5) is 11.0. The molecule has 0 aliphatic rings. The molecule has 3 rings (SSSR count). The number of aromatic nitrogens is 4. The molecule has 0 saturated carbocycles. The van der Waals surface area contributed by atoms with Gasteiger partial charge in [0, 0.05) is 34.6 Å². The van der Waals surface area contributed by atoms with Crippen molar-refractivity contribution in [2.75, 3.05) is 17.2 Å². The summed E-state index contributed by atoms with van der Waals surface area (Å²) >= 11 is 14.6. The monoisotopic (exact) mass is 465 g/mol. The highest BCUT2D eigenvalue weighted by molar-refractivity contribution is 8.23. The van der Waals surface area contributed by atoms with Crippen molar-refractivity contribution in [3.8, 4) is 11.5 Å². The van der Waals surface area contributed by atoms with Crippen LogP contribution >= 0.6 is 47.3 Å². The standard InChI is InChI=1S/C19H20ClN5OS3/c1-4-25(19(27)28-5-2)16-14(10-21-12(3)22-16)11-29-18-24-23-17(26-18)13-6-8-15(20)9-7-13/h6-10H,4-5,11H2,1-3H3. The lowest BCUT2D eigenvalue weighted by molar-refractivity contribution is 0.466. The Bertz CT molecular complexity index is 980. The van der Waals surface area contributed by atoms with Gasteiger partial charge in [-0.2, -0.15) is 0 Å². The van der Waals surface area contributed by atoms with Crippen molar-refractivity contribution < 1.29 is 4.42 Å². The van der Waals surface area contributed by atoms with E-state index in [9.17, 15) is 0 Å². The maximum absolute atomic E-state index is 5.93. The molecule has 0 aliphatic heterocycles. The second-order valence-electron chi connectivity index (χ2n) is 5.88. The normalized spacial score (nSPS) is 10.9. The van der Waals surface area contributed by atoms with Crippen LogP contribution in [-0.2, 0) is 5.75 Å². The molecule has 2 heterocycles. The van der Waals surface area contributed by atoms with Crippen LogP contribution in [0.15, 0.2) is 40.1 Å². The number of nitrogens with zero attached hydrogens (tertiary/aromatic N) is 5. The van der Waals surface area contributed by atoms with Gasteiger partial charge in [0.15, 0.2) is 0 Å². The second kappa shape index (κ2) is 10.4. The highest BCUT2D eigenvalue weighted by atomic mass is 35.5. The van der Waals surface area contributed by atoms with Crippen molar-refractivity contribution in [1.82, 2.24) is 20.2 Å². The molecule has 0 amide bonds. The predicted molar refractivity (Wildman–Crippen MR) is 125 cm³/mol. The van der Waals surface area contributed by atoms with Gasteiger partial charge in [0.1, 0.15) is 16.0 Å². The molecule has 0 radical (unpaired) electrons. The number of thioether (sulfide) groups is 2. The molecule has 6 nitrogen and oxygen atoms in total. The molecule has 0 bridgehead atoms. The Morgan fingerprint density at radius 2 is 1.97 bits per heavy atom. The highest BCUT2D eigenvalue weighted by Gasteiger charge is 2.18. The zero-order valence-electron chi connectivity index (χ0n) is 16.3. The first kappa shape index (κ1) is 22.0. The van der Waals surface area contributed by atoms with Gasteiger partial charge in [-0.1, -0.05) is 54.3 Å². The van der Waals surface area contributed by atoms with E-state index in [1.54, 1.807) is 23.9 Å². The fraction of sp³-hybridized carbons (Fsp3) is 0.316. The molecule has 152 valence electrons. The Morgan fingerprint density at radius 1 is 1.21 bits per heavy atom. The first-order chi connectivity index (χ1) is 14.0. The van der Waals surface area contributed by atoms with Gasteiger partial charge in [0.2, 0.25) is 5.89 Å². The topological polar surface area (TPSA) is 67.9 Å². The lowest BCUT2D eigenvalue weighted by Crippen LogP contribution is -2.29. The highest BCUT2D eigenvalue weighted by Crippen LogP contribution is 2.30. The molecule has 0 fully saturated rings. The van der Waals surface area contributed by atoms with Gasteiger partial charge in [-0.3, -0.25) is 0 Å². The molecule has 0 saturated heterocycles. The third-order valence-electron chi connectivity index (χ3n) is 3.87. The fourth-order valence-corrected chi connectivity index (χ4v) is 4.53. The molecular formula is C19H20ClN5OS3. The van der Waals surface area contributed by atoms with Crippen molar-refractivity contribution in [3.63, 3.8) is 0 Å². The van der Waals surface area contributed by atoms with E-state index in [1.165, 1.54) is 11.8 Å². The molecule has 0 unspecified atom stereocenters. The molecule has 0 N–H and O–H groups in total. The van der Waals surface area contributed by atoms with Crippen LogP contribution in [0.2, 0.25) is 5.02 Å². The van der Waals surface area contributed by atoms with E-state index in [-0.39, 0.29) is 0 Å². The van der Waals surface area contributed by atoms with Crippen molar-refractivity contribution in [2.24, 2.45) is 0 Å². The first-order valence-corrected chi connectivity index (χ1v) is 11.8. The summed E-state index contributed by atoms with van der Waals surface area (Å²) in [6, 6.07) is 7.28. The van der Waals surface area contributed by atoms with Gasteiger partial charge in [0.25, 0.3) is 5.22 Å². The van der Waals surface area contributed by atoms with E-state index in [0.29, 0.717) is 27.7 Å². The summed E-state index contributed by atoms with van der Waals surface area (Å²) in [6.07, 6.45) is 1.84.